The Labute approximate surface area is 72.1 Å². The molecule has 0 aliphatic rings. The quantitative estimate of drug-likeness (QED) is 0.618. The molecule has 68 valence electrons. The first-order valence-electron chi connectivity index (χ1n) is 4.15. The molecule has 0 fully saturated rings. The number of unbranched alkanes of at least 4 members (excludes halogenated alkanes) is 1. The Morgan fingerprint density at radius 3 is 2.42 bits per heavy atom. The number of carboxylic acid groups (broad SMARTS) is 1. The molecule has 3 heteroatoms. The van der Waals surface area contributed by atoms with Gasteiger partial charge in [0.15, 0.2) is 0 Å². The maximum Gasteiger partial charge on any atom is 0.303 e. The van der Waals surface area contributed by atoms with E-state index in [4.69, 9.17) is 5.11 Å². The summed E-state index contributed by atoms with van der Waals surface area (Å²) in [7, 11) is 0. The Balaban J connectivity index is 3.70. The van der Waals surface area contributed by atoms with E-state index in [-0.39, 0.29) is 6.42 Å². The molecule has 0 radical (unpaired) electrons. The van der Waals surface area contributed by atoms with E-state index in [0.717, 1.165) is 12.8 Å². The van der Waals surface area contributed by atoms with Crippen molar-refractivity contribution in [3.05, 3.63) is 5.57 Å². The van der Waals surface area contributed by atoms with Gasteiger partial charge >= 0.3 is 5.97 Å². The highest BCUT2D eigenvalue weighted by molar-refractivity contribution is 5.68. The minimum atomic E-state index is -0.862. The molecule has 0 aromatic rings. The lowest BCUT2D eigenvalue weighted by atomic mass is 10.1. The molecule has 0 rings (SSSR count). The lowest BCUT2D eigenvalue weighted by Gasteiger charge is -1.98. The Kier molecular flexibility index (Phi) is 6.02. The van der Waals surface area contributed by atoms with Gasteiger partial charge in [0.2, 0.25) is 0 Å². The third-order valence-corrected chi connectivity index (χ3v) is 1.62. The molecule has 0 atom stereocenters. The smallest absolute Gasteiger partial charge is 0.303 e. The van der Waals surface area contributed by atoms with Gasteiger partial charge in [-0.2, -0.15) is 0 Å². The van der Waals surface area contributed by atoms with Gasteiger partial charge in [-0.3, -0.25) is 4.79 Å². The number of aliphatic carboxylic acids is 1. The molecule has 0 spiro atoms. The van der Waals surface area contributed by atoms with E-state index in [1.165, 1.54) is 0 Å². The van der Waals surface area contributed by atoms with Gasteiger partial charge in [-0.15, -0.1) is 0 Å². The largest absolute Gasteiger partial charge is 0.481 e. The first-order valence-corrected chi connectivity index (χ1v) is 4.15. The highest BCUT2D eigenvalue weighted by atomic mass is 16.4. The number of hydrogen-bond acceptors (Lipinski definition) is 2. The monoisotopic (exact) mass is 170 g/mol. The lowest BCUT2D eigenvalue weighted by molar-refractivity contribution is -0.136. The highest BCUT2D eigenvalue weighted by Gasteiger charge is 2.02. The summed E-state index contributed by atoms with van der Waals surface area (Å²) in [5, 5.41) is 8.34. The van der Waals surface area contributed by atoms with E-state index >= 15 is 0 Å². The van der Waals surface area contributed by atoms with E-state index in [9.17, 15) is 9.59 Å². The first kappa shape index (κ1) is 10.9. The highest BCUT2D eigenvalue weighted by Crippen LogP contribution is 2.09. The van der Waals surface area contributed by atoms with Crippen LogP contribution in [0.4, 0.5) is 0 Å². The Morgan fingerprint density at radius 1 is 1.33 bits per heavy atom. The molecular formula is C9H14O3. The van der Waals surface area contributed by atoms with Crippen LogP contribution >= 0.6 is 0 Å². The maximum atomic E-state index is 10.3. The summed E-state index contributed by atoms with van der Waals surface area (Å²) < 4.78 is 0. The predicted octanol–water partition coefficient (Wildman–Crippen LogP) is 1.80. The van der Waals surface area contributed by atoms with Crippen LogP contribution in [0, 0.1) is 0 Å². The fourth-order valence-corrected chi connectivity index (χ4v) is 0.875. The van der Waals surface area contributed by atoms with Crippen LogP contribution in [0.2, 0.25) is 0 Å². The van der Waals surface area contributed by atoms with Gasteiger partial charge < -0.3 is 5.11 Å². The molecule has 0 unspecified atom stereocenters. The van der Waals surface area contributed by atoms with Crippen LogP contribution in [0.25, 0.3) is 0 Å². The zero-order valence-electron chi connectivity index (χ0n) is 7.30. The van der Waals surface area contributed by atoms with Crippen molar-refractivity contribution in [1.82, 2.24) is 0 Å². The number of allylic oxidation sites excluding steroid dienone is 1. The molecule has 0 aromatic carbocycles. The van der Waals surface area contributed by atoms with Gasteiger partial charge in [0.25, 0.3) is 0 Å². The van der Waals surface area contributed by atoms with Crippen molar-refractivity contribution in [2.45, 2.75) is 39.0 Å². The molecule has 0 aliphatic carbocycles. The summed E-state index contributed by atoms with van der Waals surface area (Å²) in [6.07, 6.45) is 3.02. The summed E-state index contributed by atoms with van der Waals surface area (Å²) in [6.45, 7) is 2.03. The fraction of sp³-hybridized carbons (Fsp3) is 0.667. The molecule has 0 bridgehead atoms. The number of carbonyl (C=O) groups is 1. The Bertz CT molecular complexity index is 190. The van der Waals surface area contributed by atoms with Crippen molar-refractivity contribution >= 4 is 11.9 Å². The van der Waals surface area contributed by atoms with E-state index in [1.54, 1.807) is 5.94 Å². The minimum absolute atomic E-state index is 0.0360. The maximum absolute atomic E-state index is 10.3. The van der Waals surface area contributed by atoms with Gasteiger partial charge in [-0.1, -0.05) is 13.3 Å². The van der Waals surface area contributed by atoms with E-state index < -0.39 is 5.97 Å². The predicted molar refractivity (Wildman–Crippen MR) is 45.6 cm³/mol. The van der Waals surface area contributed by atoms with Gasteiger partial charge in [0, 0.05) is 12.0 Å². The minimum Gasteiger partial charge on any atom is -0.481 e. The van der Waals surface area contributed by atoms with Crippen molar-refractivity contribution in [2.75, 3.05) is 0 Å². The molecule has 0 heterocycles. The van der Waals surface area contributed by atoms with E-state index in [0.29, 0.717) is 18.4 Å². The van der Waals surface area contributed by atoms with Gasteiger partial charge in [-0.05, 0) is 19.3 Å². The second kappa shape index (κ2) is 6.62. The van der Waals surface area contributed by atoms with Gasteiger partial charge in [0.05, 0.1) is 0 Å². The molecule has 12 heavy (non-hydrogen) atoms. The van der Waals surface area contributed by atoms with Crippen LogP contribution in [0.15, 0.2) is 5.57 Å². The van der Waals surface area contributed by atoms with Gasteiger partial charge in [0.1, 0.15) is 5.94 Å². The van der Waals surface area contributed by atoms with Crippen LogP contribution in [0.3, 0.4) is 0 Å². The SMILES string of the molecule is CCCCC(=C=O)CCC(=O)O. The molecule has 0 saturated carbocycles. The van der Waals surface area contributed by atoms with Gasteiger partial charge in [-0.25, -0.2) is 4.79 Å². The normalized spacial score (nSPS) is 9.08. The molecule has 3 nitrogen and oxygen atoms in total. The second-order valence-corrected chi connectivity index (χ2v) is 2.70. The molecule has 0 amide bonds. The summed E-state index contributed by atoms with van der Waals surface area (Å²) >= 11 is 0. The first-order chi connectivity index (χ1) is 5.70. The Morgan fingerprint density at radius 2 is 2.00 bits per heavy atom. The lowest BCUT2D eigenvalue weighted by Crippen LogP contribution is -1.96. The topological polar surface area (TPSA) is 54.4 Å². The number of carboxylic acids is 1. The van der Waals surface area contributed by atoms with Crippen molar-refractivity contribution in [1.29, 1.82) is 0 Å². The van der Waals surface area contributed by atoms with Crippen LogP contribution in [0.5, 0.6) is 0 Å². The molecule has 0 aromatic heterocycles. The van der Waals surface area contributed by atoms with Crippen molar-refractivity contribution in [2.24, 2.45) is 0 Å². The molecule has 1 N–H and O–H groups in total. The van der Waals surface area contributed by atoms with E-state index in [1.807, 2.05) is 6.92 Å². The zero-order chi connectivity index (χ0) is 9.40. The molecular weight excluding hydrogens is 156 g/mol. The molecule has 0 saturated heterocycles. The number of carbonyl (C=O) groups excluding carboxylic acids is 1. The van der Waals surface area contributed by atoms with Crippen LogP contribution < -0.4 is 0 Å². The Hall–Kier alpha value is -1.08. The standard InChI is InChI=1S/C9H14O3/c1-2-3-4-8(7-10)5-6-9(11)12/h2-6H2,1H3,(H,11,12). The van der Waals surface area contributed by atoms with Crippen molar-refractivity contribution in [3.8, 4) is 0 Å². The summed E-state index contributed by atoms with van der Waals surface area (Å²) in [6, 6.07) is 0. The van der Waals surface area contributed by atoms with Crippen LogP contribution in [-0.4, -0.2) is 17.0 Å². The van der Waals surface area contributed by atoms with Crippen molar-refractivity contribution < 1.29 is 14.7 Å². The van der Waals surface area contributed by atoms with E-state index in [2.05, 4.69) is 0 Å². The van der Waals surface area contributed by atoms with Crippen molar-refractivity contribution in [3.63, 3.8) is 0 Å². The number of rotatable bonds is 6. The number of hydrogen-bond donors (Lipinski definition) is 1. The molecule has 0 aliphatic heterocycles. The summed E-state index contributed by atoms with van der Waals surface area (Å²) in [4.78, 5) is 20.4. The zero-order valence-corrected chi connectivity index (χ0v) is 7.30. The van der Waals surface area contributed by atoms with Crippen LogP contribution in [-0.2, 0) is 9.59 Å². The average Bonchev–Trinajstić information content (AvgIpc) is 2.05. The van der Waals surface area contributed by atoms with Crippen LogP contribution in [0.1, 0.15) is 39.0 Å². The fourth-order valence-electron chi connectivity index (χ4n) is 0.875. The third-order valence-electron chi connectivity index (χ3n) is 1.62. The summed E-state index contributed by atoms with van der Waals surface area (Å²) in [5.74, 6) is 0.934. The third kappa shape index (κ3) is 5.69. The summed E-state index contributed by atoms with van der Waals surface area (Å²) in [5.41, 5.74) is 0.597. The average molecular weight is 170 g/mol. The second-order valence-electron chi connectivity index (χ2n) is 2.70.